The van der Waals surface area contributed by atoms with Crippen LogP contribution < -0.4 is 10.6 Å². The van der Waals surface area contributed by atoms with Crippen LogP contribution in [0.3, 0.4) is 0 Å². The molecule has 0 bridgehead atoms. The first-order chi connectivity index (χ1) is 9.53. The van der Waals surface area contributed by atoms with Crippen molar-refractivity contribution in [2.24, 2.45) is 0 Å². The van der Waals surface area contributed by atoms with Crippen molar-refractivity contribution in [1.29, 1.82) is 0 Å². The van der Waals surface area contributed by atoms with Crippen molar-refractivity contribution < 1.29 is 13.2 Å². The smallest absolute Gasteiger partial charge is 0.243 e. The van der Waals surface area contributed by atoms with Crippen molar-refractivity contribution in [3.05, 3.63) is 29.8 Å². The van der Waals surface area contributed by atoms with E-state index in [1.165, 1.54) is 0 Å². The summed E-state index contributed by atoms with van der Waals surface area (Å²) in [6.45, 7) is 0. The number of amides is 1. The Bertz CT molecular complexity index is 588. The molecule has 6 heteroatoms. The molecule has 1 fully saturated rings. The molecule has 1 aromatic carbocycles. The topological polar surface area (TPSA) is 75.3 Å². The van der Waals surface area contributed by atoms with Gasteiger partial charge >= 0.3 is 0 Å². The highest BCUT2D eigenvalue weighted by Crippen LogP contribution is 2.25. The van der Waals surface area contributed by atoms with E-state index < -0.39 is 9.84 Å². The van der Waals surface area contributed by atoms with Crippen LogP contribution in [0.1, 0.15) is 18.4 Å². The summed E-state index contributed by atoms with van der Waals surface area (Å²) >= 11 is 0. The maximum Gasteiger partial charge on any atom is 0.243 e. The number of carbonyl (C=O) groups is 1. The Labute approximate surface area is 118 Å². The van der Waals surface area contributed by atoms with E-state index in [4.69, 9.17) is 0 Å². The molecule has 20 heavy (non-hydrogen) atoms. The Morgan fingerprint density at radius 2 is 1.90 bits per heavy atom. The van der Waals surface area contributed by atoms with Gasteiger partial charge in [0.1, 0.15) is 15.9 Å². The average Bonchev–Trinajstić information content (AvgIpc) is 2.85. The lowest BCUT2D eigenvalue weighted by atomic mass is 10.1. The fourth-order valence-corrected chi connectivity index (χ4v) is 4.28. The third-order valence-corrected chi connectivity index (χ3v) is 5.70. The summed E-state index contributed by atoms with van der Waals surface area (Å²) in [6.07, 6.45) is 1.73. The number of para-hydroxylation sites is 1. The fourth-order valence-electron chi connectivity index (χ4n) is 2.79. The second kappa shape index (κ2) is 5.09. The maximum atomic E-state index is 12.2. The lowest BCUT2D eigenvalue weighted by molar-refractivity contribution is -0.122. The number of hydrogen-bond donors (Lipinski definition) is 2. The summed E-state index contributed by atoms with van der Waals surface area (Å²) in [7, 11) is -2.88. The lowest BCUT2D eigenvalue weighted by Crippen LogP contribution is -2.46. The van der Waals surface area contributed by atoms with Crippen LogP contribution in [0.15, 0.2) is 24.3 Å². The zero-order valence-electron chi connectivity index (χ0n) is 11.1. The first kappa shape index (κ1) is 13.4. The van der Waals surface area contributed by atoms with Gasteiger partial charge in [0.25, 0.3) is 0 Å². The van der Waals surface area contributed by atoms with Gasteiger partial charge in [0.2, 0.25) is 5.91 Å². The molecule has 0 saturated carbocycles. The van der Waals surface area contributed by atoms with E-state index in [-0.39, 0.29) is 29.5 Å². The molecule has 3 rings (SSSR count). The van der Waals surface area contributed by atoms with Gasteiger partial charge in [-0.1, -0.05) is 18.2 Å². The van der Waals surface area contributed by atoms with E-state index in [2.05, 4.69) is 10.6 Å². The first-order valence-electron chi connectivity index (χ1n) is 6.89. The zero-order valence-corrected chi connectivity index (χ0v) is 11.9. The molecule has 0 radical (unpaired) electrons. The van der Waals surface area contributed by atoms with Crippen molar-refractivity contribution in [1.82, 2.24) is 5.32 Å². The average molecular weight is 294 g/mol. The highest BCUT2D eigenvalue weighted by Gasteiger charge is 2.30. The van der Waals surface area contributed by atoms with Gasteiger partial charge in [-0.3, -0.25) is 4.79 Å². The van der Waals surface area contributed by atoms with Crippen LogP contribution >= 0.6 is 0 Å². The quantitative estimate of drug-likeness (QED) is 0.842. The number of hydrogen-bond acceptors (Lipinski definition) is 4. The number of fused-ring (bicyclic) bond motifs is 1. The van der Waals surface area contributed by atoms with Gasteiger partial charge in [0.05, 0.1) is 11.5 Å². The van der Waals surface area contributed by atoms with Crippen molar-refractivity contribution in [2.45, 2.75) is 31.3 Å². The lowest BCUT2D eigenvalue weighted by Gasteiger charge is -2.24. The molecule has 1 amide bonds. The molecule has 108 valence electrons. The summed E-state index contributed by atoms with van der Waals surface area (Å²) < 4.78 is 22.7. The van der Waals surface area contributed by atoms with Gasteiger partial charge in [0, 0.05) is 18.2 Å². The van der Waals surface area contributed by atoms with Gasteiger partial charge in [0.15, 0.2) is 0 Å². The number of anilines is 1. The minimum atomic E-state index is -2.88. The molecule has 5 nitrogen and oxygen atoms in total. The molecule has 2 aliphatic rings. The predicted octanol–water partition coefficient (Wildman–Crippen LogP) is 0.717. The van der Waals surface area contributed by atoms with Crippen molar-refractivity contribution in [2.75, 3.05) is 16.8 Å². The van der Waals surface area contributed by atoms with Crippen LogP contribution in [-0.4, -0.2) is 37.9 Å². The molecular formula is C14H18N2O3S. The molecule has 2 heterocycles. The summed E-state index contributed by atoms with van der Waals surface area (Å²) in [6, 6.07) is 7.63. The van der Waals surface area contributed by atoms with E-state index in [1.54, 1.807) is 0 Å². The molecule has 1 unspecified atom stereocenters. The fraction of sp³-hybridized carbons (Fsp3) is 0.500. The largest absolute Gasteiger partial charge is 0.373 e. The van der Waals surface area contributed by atoms with E-state index in [9.17, 15) is 13.2 Å². The van der Waals surface area contributed by atoms with E-state index in [0.29, 0.717) is 19.3 Å². The molecule has 2 N–H and O–H groups in total. The molecule has 1 saturated heterocycles. The normalized spacial score (nSPS) is 24.7. The Morgan fingerprint density at radius 3 is 2.60 bits per heavy atom. The number of sulfone groups is 1. The number of rotatable bonds is 2. The van der Waals surface area contributed by atoms with Crippen LogP contribution in [-0.2, 0) is 21.1 Å². The molecule has 1 atom stereocenters. The molecular weight excluding hydrogens is 276 g/mol. The van der Waals surface area contributed by atoms with Crippen LogP contribution in [0.2, 0.25) is 0 Å². The Hall–Kier alpha value is -1.56. The van der Waals surface area contributed by atoms with Crippen LogP contribution in [0, 0.1) is 0 Å². The maximum absolute atomic E-state index is 12.2. The van der Waals surface area contributed by atoms with Gasteiger partial charge in [-0.2, -0.15) is 0 Å². The third kappa shape index (κ3) is 2.80. The Balaban J connectivity index is 1.57. The van der Waals surface area contributed by atoms with Crippen molar-refractivity contribution in [3.8, 4) is 0 Å². The van der Waals surface area contributed by atoms with E-state index >= 15 is 0 Å². The van der Waals surface area contributed by atoms with Gasteiger partial charge in [-0.25, -0.2) is 8.42 Å². The van der Waals surface area contributed by atoms with Crippen molar-refractivity contribution in [3.63, 3.8) is 0 Å². The third-order valence-electron chi connectivity index (χ3n) is 3.99. The van der Waals surface area contributed by atoms with Gasteiger partial charge in [-0.15, -0.1) is 0 Å². The van der Waals surface area contributed by atoms with E-state index in [1.807, 2.05) is 24.3 Å². The standard InChI is InChI=1S/C14H18N2O3S/c17-14(15-11-5-7-20(18,19)8-6-11)13-9-10-3-1-2-4-12(10)16-13/h1-4,11,13,16H,5-9H2,(H,15,17). The molecule has 0 spiro atoms. The van der Waals surface area contributed by atoms with Crippen LogP contribution in [0.25, 0.3) is 0 Å². The summed E-state index contributed by atoms with van der Waals surface area (Å²) in [5.41, 5.74) is 2.16. The number of benzene rings is 1. The van der Waals surface area contributed by atoms with Crippen LogP contribution in [0.4, 0.5) is 5.69 Å². The predicted molar refractivity (Wildman–Crippen MR) is 77.4 cm³/mol. The molecule has 1 aromatic rings. The summed E-state index contributed by atoms with van der Waals surface area (Å²) in [4.78, 5) is 12.2. The highest BCUT2D eigenvalue weighted by molar-refractivity contribution is 7.91. The van der Waals surface area contributed by atoms with Gasteiger partial charge in [-0.05, 0) is 24.5 Å². The highest BCUT2D eigenvalue weighted by atomic mass is 32.2. The molecule has 0 aliphatic carbocycles. The summed E-state index contributed by atoms with van der Waals surface area (Å²) in [5, 5.41) is 6.18. The van der Waals surface area contributed by atoms with E-state index in [0.717, 1.165) is 11.3 Å². The SMILES string of the molecule is O=C(NC1CCS(=O)(=O)CC1)C1Cc2ccccc2N1. The minimum absolute atomic E-state index is 0.0171. The van der Waals surface area contributed by atoms with Crippen LogP contribution in [0.5, 0.6) is 0 Å². The zero-order chi connectivity index (χ0) is 14.2. The number of nitrogens with one attached hydrogen (secondary N) is 2. The minimum Gasteiger partial charge on any atom is -0.373 e. The Kier molecular flexibility index (Phi) is 3.41. The number of carbonyl (C=O) groups excluding carboxylic acids is 1. The monoisotopic (exact) mass is 294 g/mol. The van der Waals surface area contributed by atoms with Crippen molar-refractivity contribution >= 4 is 21.4 Å². The second-order valence-electron chi connectivity index (χ2n) is 5.49. The molecule has 0 aromatic heterocycles. The Morgan fingerprint density at radius 1 is 1.20 bits per heavy atom. The first-order valence-corrected chi connectivity index (χ1v) is 8.71. The van der Waals surface area contributed by atoms with Gasteiger partial charge < -0.3 is 10.6 Å². The molecule has 2 aliphatic heterocycles. The second-order valence-corrected chi connectivity index (χ2v) is 7.80. The summed E-state index contributed by atoms with van der Waals surface area (Å²) in [5.74, 6) is 0.317.